The van der Waals surface area contributed by atoms with Crippen molar-refractivity contribution in [2.45, 2.75) is 72.5 Å². The summed E-state index contributed by atoms with van der Waals surface area (Å²) in [4.78, 5) is 11.2. The minimum atomic E-state index is -0.626. The van der Waals surface area contributed by atoms with Crippen molar-refractivity contribution in [1.29, 1.82) is 0 Å². The highest BCUT2D eigenvalue weighted by Gasteiger charge is 2.36. The van der Waals surface area contributed by atoms with Crippen LogP contribution in [0.3, 0.4) is 0 Å². The quantitative estimate of drug-likeness (QED) is 0.687. The average Bonchev–Trinajstić information content (AvgIpc) is 2.67. The van der Waals surface area contributed by atoms with E-state index in [1.165, 1.54) is 19.3 Å². The zero-order chi connectivity index (χ0) is 15.4. The minimum Gasteiger partial charge on any atom is -0.435 e. The van der Waals surface area contributed by atoms with Gasteiger partial charge < -0.3 is 14.2 Å². The average molecular weight is 286 g/mol. The molecule has 0 saturated heterocycles. The van der Waals surface area contributed by atoms with Crippen molar-refractivity contribution in [3.63, 3.8) is 0 Å². The molecule has 4 heteroatoms. The molecule has 0 aromatic heterocycles. The van der Waals surface area contributed by atoms with Crippen molar-refractivity contribution >= 4 is 6.16 Å². The third-order valence-corrected chi connectivity index (χ3v) is 3.98. The van der Waals surface area contributed by atoms with Gasteiger partial charge in [0.1, 0.15) is 6.61 Å². The van der Waals surface area contributed by atoms with E-state index < -0.39 is 11.8 Å². The number of rotatable bonds is 6. The van der Waals surface area contributed by atoms with E-state index in [0.29, 0.717) is 17.9 Å². The summed E-state index contributed by atoms with van der Waals surface area (Å²) in [6.45, 7) is 12.9. The molecule has 0 aliphatic heterocycles. The first-order chi connectivity index (χ1) is 9.15. The Labute approximate surface area is 123 Å². The van der Waals surface area contributed by atoms with Crippen molar-refractivity contribution in [3.05, 3.63) is 0 Å². The minimum absolute atomic E-state index is 0.178. The van der Waals surface area contributed by atoms with Crippen molar-refractivity contribution in [3.8, 4) is 0 Å². The SMILES string of the molecule is CCOC(=O)OCC(C)(C)OC(C)C1CCC(C)(C)C1. The first-order valence-electron chi connectivity index (χ1n) is 7.62. The second-order valence-corrected chi connectivity index (χ2v) is 7.22. The van der Waals surface area contributed by atoms with Gasteiger partial charge in [0.2, 0.25) is 0 Å². The van der Waals surface area contributed by atoms with Gasteiger partial charge in [-0.2, -0.15) is 0 Å². The van der Waals surface area contributed by atoms with Gasteiger partial charge in [-0.05, 0) is 58.3 Å². The summed E-state index contributed by atoms with van der Waals surface area (Å²) in [7, 11) is 0. The van der Waals surface area contributed by atoms with Gasteiger partial charge in [-0.1, -0.05) is 13.8 Å². The molecule has 0 N–H and O–H groups in total. The lowest BCUT2D eigenvalue weighted by atomic mass is 9.89. The standard InChI is InChI=1S/C16H30O4/c1-7-18-14(17)19-11-16(5,6)20-12(2)13-8-9-15(3,4)10-13/h12-13H,7-11H2,1-6H3. The van der Waals surface area contributed by atoms with E-state index in [4.69, 9.17) is 14.2 Å². The summed E-state index contributed by atoms with van der Waals surface area (Å²) in [6, 6.07) is 0. The maximum atomic E-state index is 11.2. The lowest BCUT2D eigenvalue weighted by molar-refractivity contribution is -0.116. The number of ether oxygens (including phenoxy) is 3. The fraction of sp³-hybridized carbons (Fsp3) is 0.938. The lowest BCUT2D eigenvalue weighted by Gasteiger charge is -2.32. The van der Waals surface area contributed by atoms with Crippen LogP contribution in [0.15, 0.2) is 0 Å². The monoisotopic (exact) mass is 286 g/mol. The van der Waals surface area contributed by atoms with Gasteiger partial charge in [-0.3, -0.25) is 0 Å². The van der Waals surface area contributed by atoms with Crippen LogP contribution in [-0.2, 0) is 14.2 Å². The van der Waals surface area contributed by atoms with Gasteiger partial charge in [0.15, 0.2) is 0 Å². The van der Waals surface area contributed by atoms with Crippen LogP contribution in [0.1, 0.15) is 60.8 Å². The molecule has 20 heavy (non-hydrogen) atoms. The molecular weight excluding hydrogens is 256 g/mol. The Morgan fingerprint density at radius 1 is 1.35 bits per heavy atom. The molecule has 118 valence electrons. The molecule has 4 nitrogen and oxygen atoms in total. The Bertz CT molecular complexity index is 322. The molecule has 0 aromatic carbocycles. The molecule has 0 spiro atoms. The summed E-state index contributed by atoms with van der Waals surface area (Å²) in [5.74, 6) is 0.590. The maximum Gasteiger partial charge on any atom is 0.508 e. The molecule has 2 unspecified atom stereocenters. The van der Waals surface area contributed by atoms with E-state index in [0.717, 1.165) is 0 Å². The highest BCUT2D eigenvalue weighted by molar-refractivity contribution is 5.59. The van der Waals surface area contributed by atoms with Gasteiger partial charge in [-0.25, -0.2) is 4.79 Å². The van der Waals surface area contributed by atoms with Gasteiger partial charge in [-0.15, -0.1) is 0 Å². The molecule has 2 atom stereocenters. The summed E-state index contributed by atoms with van der Waals surface area (Å²) in [5, 5.41) is 0. The molecular formula is C16H30O4. The zero-order valence-electron chi connectivity index (χ0n) is 13.8. The number of hydrogen-bond donors (Lipinski definition) is 0. The van der Waals surface area contributed by atoms with Gasteiger partial charge in [0.25, 0.3) is 0 Å². The van der Waals surface area contributed by atoms with Crippen molar-refractivity contribution < 1.29 is 19.0 Å². The number of carbonyl (C=O) groups is 1. The smallest absolute Gasteiger partial charge is 0.435 e. The van der Waals surface area contributed by atoms with Crippen LogP contribution in [0.2, 0.25) is 0 Å². The summed E-state index contributed by atoms with van der Waals surface area (Å²) in [5.41, 5.74) is -0.0627. The molecule has 0 bridgehead atoms. The predicted molar refractivity (Wildman–Crippen MR) is 78.7 cm³/mol. The van der Waals surface area contributed by atoms with Crippen LogP contribution in [0, 0.1) is 11.3 Å². The fourth-order valence-corrected chi connectivity index (χ4v) is 2.92. The lowest BCUT2D eigenvalue weighted by Crippen LogP contribution is -2.37. The zero-order valence-corrected chi connectivity index (χ0v) is 13.8. The van der Waals surface area contributed by atoms with Gasteiger partial charge in [0, 0.05) is 0 Å². The molecule has 0 amide bonds. The Hall–Kier alpha value is -0.770. The Balaban J connectivity index is 2.39. The Kier molecular flexibility index (Phi) is 5.87. The molecule has 0 heterocycles. The van der Waals surface area contributed by atoms with Crippen molar-refractivity contribution in [1.82, 2.24) is 0 Å². The predicted octanol–water partition coefficient (Wildman–Crippen LogP) is 4.17. The van der Waals surface area contributed by atoms with E-state index in [2.05, 4.69) is 20.8 Å². The molecule has 1 rings (SSSR count). The van der Waals surface area contributed by atoms with Crippen LogP contribution in [0.5, 0.6) is 0 Å². The molecule has 0 aromatic rings. The third-order valence-electron chi connectivity index (χ3n) is 3.98. The van der Waals surface area contributed by atoms with Crippen LogP contribution < -0.4 is 0 Å². The second-order valence-electron chi connectivity index (χ2n) is 7.22. The van der Waals surface area contributed by atoms with E-state index in [-0.39, 0.29) is 12.7 Å². The van der Waals surface area contributed by atoms with E-state index >= 15 is 0 Å². The van der Waals surface area contributed by atoms with Gasteiger partial charge in [0.05, 0.1) is 18.3 Å². The van der Waals surface area contributed by atoms with Crippen LogP contribution in [-0.4, -0.2) is 31.1 Å². The molecule has 1 saturated carbocycles. The van der Waals surface area contributed by atoms with Crippen molar-refractivity contribution in [2.24, 2.45) is 11.3 Å². The van der Waals surface area contributed by atoms with E-state index in [1.807, 2.05) is 13.8 Å². The van der Waals surface area contributed by atoms with Crippen LogP contribution in [0.25, 0.3) is 0 Å². The van der Waals surface area contributed by atoms with E-state index in [9.17, 15) is 4.79 Å². The normalized spacial score (nSPS) is 23.4. The summed E-state index contributed by atoms with van der Waals surface area (Å²) in [6.07, 6.45) is 3.22. The molecule has 1 fully saturated rings. The maximum absolute atomic E-state index is 11.2. The Morgan fingerprint density at radius 3 is 2.50 bits per heavy atom. The molecule has 1 aliphatic carbocycles. The molecule has 0 radical (unpaired) electrons. The third kappa shape index (κ3) is 5.70. The van der Waals surface area contributed by atoms with Crippen LogP contribution >= 0.6 is 0 Å². The summed E-state index contributed by atoms with van der Waals surface area (Å²) < 4.78 is 15.9. The largest absolute Gasteiger partial charge is 0.508 e. The first kappa shape index (κ1) is 17.3. The number of hydrogen-bond acceptors (Lipinski definition) is 4. The highest BCUT2D eigenvalue weighted by atomic mass is 16.7. The van der Waals surface area contributed by atoms with Crippen LogP contribution in [0.4, 0.5) is 4.79 Å². The first-order valence-corrected chi connectivity index (χ1v) is 7.62. The topological polar surface area (TPSA) is 44.8 Å². The van der Waals surface area contributed by atoms with Gasteiger partial charge >= 0.3 is 6.16 Å². The second kappa shape index (κ2) is 6.79. The number of carbonyl (C=O) groups excluding carboxylic acids is 1. The molecule has 1 aliphatic rings. The fourth-order valence-electron chi connectivity index (χ4n) is 2.92. The highest BCUT2D eigenvalue weighted by Crippen LogP contribution is 2.43. The Morgan fingerprint density at radius 2 is 2.00 bits per heavy atom. The van der Waals surface area contributed by atoms with Crippen molar-refractivity contribution in [2.75, 3.05) is 13.2 Å². The van der Waals surface area contributed by atoms with E-state index in [1.54, 1.807) is 6.92 Å². The summed E-state index contributed by atoms with van der Waals surface area (Å²) >= 11 is 0.